The van der Waals surface area contributed by atoms with Crippen molar-refractivity contribution in [3.05, 3.63) is 48.5 Å². The van der Waals surface area contributed by atoms with Gasteiger partial charge in [0.2, 0.25) is 0 Å². The molecule has 2 N–H and O–H groups in total. The van der Waals surface area contributed by atoms with Gasteiger partial charge < -0.3 is 10.2 Å². The zero-order valence-electron chi connectivity index (χ0n) is 9.69. The number of rotatable bonds is 2. The summed E-state index contributed by atoms with van der Waals surface area (Å²) in [6, 6.07) is 6.51. The normalized spacial score (nSPS) is 10.7. The average Bonchev–Trinajstić information content (AvgIpc) is 2.81. The molecule has 0 aliphatic carbocycles. The van der Waals surface area contributed by atoms with E-state index < -0.39 is 5.97 Å². The van der Waals surface area contributed by atoms with E-state index in [9.17, 15) is 9.90 Å². The van der Waals surface area contributed by atoms with Crippen LogP contribution >= 0.6 is 0 Å². The van der Waals surface area contributed by atoms with Crippen LogP contribution in [0.15, 0.2) is 42.9 Å². The maximum Gasteiger partial charge on any atom is 0.356 e. The lowest BCUT2D eigenvalue weighted by molar-refractivity contribution is 0.0693. The molecule has 0 unspecified atom stereocenters. The molecular weight excluding hydrogens is 246 g/mol. The summed E-state index contributed by atoms with van der Waals surface area (Å²) in [5.74, 6) is -0.849. The number of carboxylic acid groups (broad SMARTS) is 1. The second-order valence-corrected chi connectivity index (χ2v) is 3.94. The minimum atomic E-state index is -1.18. The average molecular weight is 255 g/mol. The van der Waals surface area contributed by atoms with Crippen LogP contribution in [0.5, 0.6) is 5.75 Å². The van der Waals surface area contributed by atoms with Crippen LogP contribution in [0.2, 0.25) is 0 Å². The van der Waals surface area contributed by atoms with E-state index in [4.69, 9.17) is 5.11 Å². The Kier molecular flexibility index (Phi) is 2.42. The van der Waals surface area contributed by atoms with Gasteiger partial charge in [-0.15, -0.1) is 0 Å². The third-order valence-corrected chi connectivity index (χ3v) is 2.78. The number of fused-ring (bicyclic) bond motifs is 1. The molecule has 19 heavy (non-hydrogen) atoms. The largest absolute Gasteiger partial charge is 0.506 e. The van der Waals surface area contributed by atoms with Crippen LogP contribution in [0, 0.1) is 0 Å². The first-order valence-corrected chi connectivity index (χ1v) is 5.52. The third-order valence-electron chi connectivity index (χ3n) is 2.78. The van der Waals surface area contributed by atoms with Crippen LogP contribution in [0.25, 0.3) is 16.9 Å². The van der Waals surface area contributed by atoms with Crippen molar-refractivity contribution in [3.8, 4) is 17.1 Å². The highest BCUT2D eigenvalue weighted by Crippen LogP contribution is 2.27. The summed E-state index contributed by atoms with van der Waals surface area (Å²) in [4.78, 5) is 19.2. The molecule has 6 nitrogen and oxygen atoms in total. The number of imidazole rings is 1. The van der Waals surface area contributed by atoms with E-state index in [0.717, 1.165) is 5.56 Å². The maximum absolute atomic E-state index is 11.2. The number of pyridine rings is 2. The van der Waals surface area contributed by atoms with Gasteiger partial charge in [0.05, 0.1) is 0 Å². The molecular formula is C13H9N3O3. The molecule has 6 heteroatoms. The minimum Gasteiger partial charge on any atom is -0.506 e. The van der Waals surface area contributed by atoms with Gasteiger partial charge in [-0.3, -0.25) is 9.38 Å². The molecule has 94 valence electrons. The SMILES string of the molecule is O=C(O)c1nc(-c2ccncc2)n2cccc(O)c12. The Bertz CT molecular complexity index is 765. The Morgan fingerprint density at radius 2 is 1.95 bits per heavy atom. The van der Waals surface area contributed by atoms with Gasteiger partial charge in [0.15, 0.2) is 5.69 Å². The highest BCUT2D eigenvalue weighted by molar-refractivity contribution is 5.96. The molecule has 0 aliphatic heterocycles. The standard InChI is InChI=1S/C13H9N3O3/c17-9-2-1-7-16-11(9)10(13(18)19)15-12(16)8-3-5-14-6-4-8/h1-7,17H,(H,18,19). The molecule has 0 atom stereocenters. The van der Waals surface area contributed by atoms with Crippen LogP contribution in [0.1, 0.15) is 10.5 Å². The third kappa shape index (κ3) is 1.70. The smallest absolute Gasteiger partial charge is 0.356 e. The lowest BCUT2D eigenvalue weighted by Crippen LogP contribution is -1.97. The molecule has 0 fully saturated rings. The second-order valence-electron chi connectivity index (χ2n) is 3.94. The number of hydrogen-bond acceptors (Lipinski definition) is 4. The zero-order chi connectivity index (χ0) is 13.4. The first-order valence-electron chi connectivity index (χ1n) is 5.52. The molecule has 3 aromatic heterocycles. The molecule has 0 aromatic carbocycles. The quantitative estimate of drug-likeness (QED) is 0.729. The van der Waals surface area contributed by atoms with E-state index in [1.54, 1.807) is 41.2 Å². The molecule has 0 saturated heterocycles. The summed E-state index contributed by atoms with van der Waals surface area (Å²) in [6.07, 6.45) is 4.85. The monoisotopic (exact) mass is 255 g/mol. The Balaban J connectivity index is 2.39. The first-order chi connectivity index (χ1) is 9.18. The van der Waals surface area contributed by atoms with Gasteiger partial charge >= 0.3 is 5.97 Å². The molecule has 0 spiro atoms. The van der Waals surface area contributed by atoms with Crippen molar-refractivity contribution in [2.24, 2.45) is 0 Å². The van der Waals surface area contributed by atoms with E-state index in [-0.39, 0.29) is 17.0 Å². The number of nitrogens with zero attached hydrogens (tertiary/aromatic N) is 3. The van der Waals surface area contributed by atoms with Gasteiger partial charge in [0, 0.05) is 24.2 Å². The van der Waals surface area contributed by atoms with Gasteiger partial charge in [-0.1, -0.05) is 0 Å². The van der Waals surface area contributed by atoms with Crippen molar-refractivity contribution in [2.45, 2.75) is 0 Å². The van der Waals surface area contributed by atoms with Gasteiger partial charge in [-0.25, -0.2) is 9.78 Å². The molecule has 0 aliphatic rings. The van der Waals surface area contributed by atoms with Crippen LogP contribution in [-0.2, 0) is 0 Å². The van der Waals surface area contributed by atoms with Crippen molar-refractivity contribution in [2.75, 3.05) is 0 Å². The summed E-state index contributed by atoms with van der Waals surface area (Å²) in [7, 11) is 0. The lowest BCUT2D eigenvalue weighted by Gasteiger charge is -2.01. The Morgan fingerprint density at radius 1 is 1.21 bits per heavy atom. The first kappa shape index (κ1) is 11.2. The molecule has 0 saturated carbocycles. The molecule has 3 aromatic rings. The van der Waals surface area contributed by atoms with Crippen molar-refractivity contribution in [1.29, 1.82) is 0 Å². The fourth-order valence-corrected chi connectivity index (χ4v) is 1.98. The predicted molar refractivity (Wildman–Crippen MR) is 67.0 cm³/mol. The zero-order valence-corrected chi connectivity index (χ0v) is 9.69. The van der Waals surface area contributed by atoms with Gasteiger partial charge in [-0.2, -0.15) is 0 Å². The Labute approximate surface area is 107 Å². The summed E-state index contributed by atoms with van der Waals surface area (Å²) < 4.78 is 1.55. The summed E-state index contributed by atoms with van der Waals surface area (Å²) in [5.41, 5.74) is 0.731. The summed E-state index contributed by atoms with van der Waals surface area (Å²) in [5, 5.41) is 19.0. The van der Waals surface area contributed by atoms with E-state index in [0.29, 0.717) is 5.82 Å². The van der Waals surface area contributed by atoms with Crippen LogP contribution in [0.3, 0.4) is 0 Å². The minimum absolute atomic E-state index is 0.118. The fraction of sp³-hybridized carbons (Fsp3) is 0. The second kappa shape index (κ2) is 4.09. The molecule has 0 radical (unpaired) electrons. The number of hydrogen-bond donors (Lipinski definition) is 2. The lowest BCUT2D eigenvalue weighted by atomic mass is 10.2. The van der Waals surface area contributed by atoms with Gasteiger partial charge in [-0.05, 0) is 24.3 Å². The molecule has 3 rings (SSSR count). The highest BCUT2D eigenvalue weighted by Gasteiger charge is 2.20. The Hall–Kier alpha value is -2.89. The highest BCUT2D eigenvalue weighted by atomic mass is 16.4. The van der Waals surface area contributed by atoms with Crippen molar-refractivity contribution >= 4 is 11.5 Å². The van der Waals surface area contributed by atoms with Crippen molar-refractivity contribution in [3.63, 3.8) is 0 Å². The molecule has 3 heterocycles. The van der Waals surface area contributed by atoms with Crippen LogP contribution in [-0.4, -0.2) is 30.6 Å². The van der Waals surface area contributed by atoms with Crippen molar-refractivity contribution in [1.82, 2.24) is 14.4 Å². The molecule has 0 bridgehead atoms. The number of carboxylic acids is 1. The van der Waals surface area contributed by atoms with E-state index >= 15 is 0 Å². The van der Waals surface area contributed by atoms with E-state index in [2.05, 4.69) is 9.97 Å². The number of carbonyl (C=O) groups is 1. The van der Waals surface area contributed by atoms with Crippen molar-refractivity contribution < 1.29 is 15.0 Å². The van der Waals surface area contributed by atoms with Crippen LogP contribution in [0.4, 0.5) is 0 Å². The van der Waals surface area contributed by atoms with E-state index in [1.807, 2.05) is 0 Å². The number of aromatic nitrogens is 3. The maximum atomic E-state index is 11.2. The van der Waals surface area contributed by atoms with Gasteiger partial charge in [0.1, 0.15) is 17.1 Å². The van der Waals surface area contributed by atoms with Crippen LogP contribution < -0.4 is 0 Å². The van der Waals surface area contributed by atoms with E-state index in [1.165, 1.54) is 6.07 Å². The number of aromatic hydroxyl groups is 1. The predicted octanol–water partition coefficient (Wildman–Crippen LogP) is 1.80. The Morgan fingerprint density at radius 3 is 2.63 bits per heavy atom. The molecule has 0 amide bonds. The topological polar surface area (TPSA) is 87.7 Å². The summed E-state index contributed by atoms with van der Waals surface area (Å²) >= 11 is 0. The summed E-state index contributed by atoms with van der Waals surface area (Å²) in [6.45, 7) is 0. The van der Waals surface area contributed by atoms with Gasteiger partial charge in [0.25, 0.3) is 0 Å². The fourth-order valence-electron chi connectivity index (χ4n) is 1.98. The number of aromatic carboxylic acids is 1.